The van der Waals surface area contributed by atoms with E-state index < -0.39 is 0 Å². The lowest BCUT2D eigenvalue weighted by atomic mass is 10.1. The van der Waals surface area contributed by atoms with Crippen molar-refractivity contribution < 1.29 is 0 Å². The fraction of sp³-hybridized carbons (Fsp3) is 0.182. The summed E-state index contributed by atoms with van der Waals surface area (Å²) in [6.45, 7) is 0.617. The van der Waals surface area contributed by atoms with Crippen LogP contribution in [-0.4, -0.2) is 6.54 Å². The fourth-order valence-electron chi connectivity index (χ4n) is 1.08. The minimum atomic E-state index is 0.581. The summed E-state index contributed by atoms with van der Waals surface area (Å²) in [6.07, 6.45) is 4.65. The van der Waals surface area contributed by atoms with Crippen molar-refractivity contribution in [2.24, 2.45) is 5.73 Å². The molecule has 72 valence electrons. The molecule has 0 bridgehead atoms. The molecule has 1 aromatic carbocycles. The number of nitriles is 1. The molecule has 0 aliphatic heterocycles. The fourth-order valence-corrected chi connectivity index (χ4v) is 1.25. The van der Waals surface area contributed by atoms with Gasteiger partial charge in [-0.3, -0.25) is 0 Å². The molecule has 0 saturated carbocycles. The molecule has 1 rings (SSSR count). The number of nitrogens with two attached hydrogens (primary N) is 1. The van der Waals surface area contributed by atoms with Crippen LogP contribution in [-0.2, 0) is 0 Å². The van der Waals surface area contributed by atoms with Gasteiger partial charge in [-0.15, -0.1) is 0 Å². The SMILES string of the molecule is N#Cc1cc(Cl)ccc1C=CCCN. The van der Waals surface area contributed by atoms with E-state index in [2.05, 4.69) is 6.07 Å². The second-order valence-electron chi connectivity index (χ2n) is 2.82. The first-order valence-electron chi connectivity index (χ1n) is 4.34. The zero-order valence-electron chi connectivity index (χ0n) is 7.70. The summed E-state index contributed by atoms with van der Waals surface area (Å²) in [5.74, 6) is 0. The molecular formula is C11H11ClN2. The molecule has 0 unspecified atom stereocenters. The zero-order valence-corrected chi connectivity index (χ0v) is 8.46. The Kier molecular flexibility index (Phi) is 4.18. The Labute approximate surface area is 88.6 Å². The van der Waals surface area contributed by atoms with E-state index >= 15 is 0 Å². The van der Waals surface area contributed by atoms with Crippen molar-refractivity contribution in [2.75, 3.05) is 6.54 Å². The molecule has 0 saturated heterocycles. The molecule has 0 aliphatic rings. The molecule has 2 nitrogen and oxygen atoms in total. The standard InChI is InChI=1S/C11H11ClN2/c12-11-5-4-9(3-1-2-6-13)10(7-11)8-14/h1,3-5,7H,2,6,13H2. The Morgan fingerprint density at radius 2 is 2.29 bits per heavy atom. The highest BCUT2D eigenvalue weighted by Gasteiger charge is 1.98. The summed E-state index contributed by atoms with van der Waals surface area (Å²) in [6, 6.07) is 7.35. The molecule has 0 amide bonds. The van der Waals surface area contributed by atoms with Gasteiger partial charge in [0.2, 0.25) is 0 Å². The third kappa shape index (κ3) is 2.88. The lowest BCUT2D eigenvalue weighted by molar-refractivity contribution is 1.01. The number of halogens is 1. The summed E-state index contributed by atoms with van der Waals surface area (Å²) in [7, 11) is 0. The number of rotatable bonds is 3. The first-order chi connectivity index (χ1) is 6.77. The minimum absolute atomic E-state index is 0.581. The lowest BCUT2D eigenvalue weighted by Gasteiger charge is -1.97. The molecule has 14 heavy (non-hydrogen) atoms. The molecule has 0 aliphatic carbocycles. The van der Waals surface area contributed by atoms with Crippen LogP contribution in [0.4, 0.5) is 0 Å². The molecule has 0 fully saturated rings. The van der Waals surface area contributed by atoms with Gasteiger partial charge in [0.15, 0.2) is 0 Å². The van der Waals surface area contributed by atoms with E-state index in [1.54, 1.807) is 12.1 Å². The van der Waals surface area contributed by atoms with Crippen molar-refractivity contribution in [3.8, 4) is 6.07 Å². The minimum Gasteiger partial charge on any atom is -0.330 e. The first-order valence-corrected chi connectivity index (χ1v) is 4.72. The summed E-state index contributed by atoms with van der Waals surface area (Å²) in [4.78, 5) is 0. The van der Waals surface area contributed by atoms with Gasteiger partial charge in [-0.25, -0.2) is 0 Å². The Morgan fingerprint density at radius 3 is 2.93 bits per heavy atom. The predicted molar refractivity (Wildman–Crippen MR) is 58.9 cm³/mol. The molecular weight excluding hydrogens is 196 g/mol. The van der Waals surface area contributed by atoms with Gasteiger partial charge < -0.3 is 5.73 Å². The monoisotopic (exact) mass is 206 g/mol. The van der Waals surface area contributed by atoms with Crippen LogP contribution in [0.1, 0.15) is 17.5 Å². The summed E-state index contributed by atoms with van der Waals surface area (Å²) >= 11 is 5.76. The Hall–Kier alpha value is -1.30. The van der Waals surface area contributed by atoms with Crippen molar-refractivity contribution in [3.63, 3.8) is 0 Å². The van der Waals surface area contributed by atoms with Crippen molar-refractivity contribution in [2.45, 2.75) is 6.42 Å². The van der Waals surface area contributed by atoms with E-state index in [4.69, 9.17) is 22.6 Å². The predicted octanol–water partition coefficient (Wildman–Crippen LogP) is 2.57. The maximum atomic E-state index is 8.83. The zero-order chi connectivity index (χ0) is 10.4. The van der Waals surface area contributed by atoms with Crippen LogP contribution in [0.3, 0.4) is 0 Å². The maximum Gasteiger partial charge on any atom is 0.0998 e. The van der Waals surface area contributed by atoms with E-state index in [1.165, 1.54) is 0 Å². The molecule has 0 heterocycles. The molecule has 0 atom stereocenters. The van der Waals surface area contributed by atoms with E-state index in [1.807, 2.05) is 18.2 Å². The Balaban J connectivity index is 2.92. The van der Waals surface area contributed by atoms with E-state index in [0.29, 0.717) is 17.1 Å². The average Bonchev–Trinajstić information content (AvgIpc) is 2.20. The van der Waals surface area contributed by atoms with Gasteiger partial charge >= 0.3 is 0 Å². The van der Waals surface area contributed by atoms with E-state index in [0.717, 1.165) is 12.0 Å². The van der Waals surface area contributed by atoms with Gasteiger partial charge in [0, 0.05) is 5.02 Å². The summed E-state index contributed by atoms with van der Waals surface area (Å²) < 4.78 is 0. The van der Waals surface area contributed by atoms with Crippen LogP contribution >= 0.6 is 11.6 Å². The second kappa shape index (κ2) is 5.43. The van der Waals surface area contributed by atoms with E-state index in [9.17, 15) is 0 Å². The quantitative estimate of drug-likeness (QED) is 0.827. The summed E-state index contributed by atoms with van der Waals surface area (Å²) in [5.41, 5.74) is 6.82. The number of nitrogens with zero attached hydrogens (tertiary/aromatic N) is 1. The van der Waals surface area contributed by atoms with Gasteiger partial charge in [-0.05, 0) is 30.7 Å². The molecule has 0 aromatic heterocycles. The van der Waals surface area contributed by atoms with Crippen molar-refractivity contribution in [1.29, 1.82) is 5.26 Å². The highest BCUT2D eigenvalue weighted by molar-refractivity contribution is 6.30. The molecule has 1 aromatic rings. The Bertz CT molecular complexity index is 377. The number of hydrogen-bond donors (Lipinski definition) is 1. The molecule has 0 spiro atoms. The third-order valence-electron chi connectivity index (χ3n) is 1.77. The van der Waals surface area contributed by atoms with Crippen LogP contribution in [0.15, 0.2) is 24.3 Å². The first kappa shape index (κ1) is 10.8. The lowest BCUT2D eigenvalue weighted by Crippen LogP contribution is -1.95. The third-order valence-corrected chi connectivity index (χ3v) is 2.00. The van der Waals surface area contributed by atoms with Crippen LogP contribution < -0.4 is 5.73 Å². The maximum absolute atomic E-state index is 8.83. The smallest absolute Gasteiger partial charge is 0.0998 e. The van der Waals surface area contributed by atoms with E-state index in [-0.39, 0.29) is 0 Å². The Morgan fingerprint density at radius 1 is 1.50 bits per heavy atom. The van der Waals surface area contributed by atoms with Gasteiger partial charge in [0.1, 0.15) is 0 Å². The normalized spacial score (nSPS) is 10.4. The topological polar surface area (TPSA) is 49.8 Å². The van der Waals surface area contributed by atoms with Crippen molar-refractivity contribution in [1.82, 2.24) is 0 Å². The van der Waals surface area contributed by atoms with Gasteiger partial charge in [-0.1, -0.05) is 29.8 Å². The van der Waals surface area contributed by atoms with Gasteiger partial charge in [0.25, 0.3) is 0 Å². The molecule has 0 radical (unpaired) electrons. The average molecular weight is 207 g/mol. The van der Waals surface area contributed by atoms with Crippen LogP contribution in [0.5, 0.6) is 0 Å². The van der Waals surface area contributed by atoms with Crippen LogP contribution in [0.2, 0.25) is 5.02 Å². The van der Waals surface area contributed by atoms with Crippen molar-refractivity contribution in [3.05, 3.63) is 40.4 Å². The highest BCUT2D eigenvalue weighted by atomic mass is 35.5. The highest BCUT2D eigenvalue weighted by Crippen LogP contribution is 2.16. The van der Waals surface area contributed by atoms with Crippen LogP contribution in [0, 0.1) is 11.3 Å². The number of hydrogen-bond acceptors (Lipinski definition) is 2. The van der Waals surface area contributed by atoms with Gasteiger partial charge in [-0.2, -0.15) is 5.26 Å². The van der Waals surface area contributed by atoms with Gasteiger partial charge in [0.05, 0.1) is 11.6 Å². The number of benzene rings is 1. The molecule has 2 N–H and O–H groups in total. The van der Waals surface area contributed by atoms with Crippen LogP contribution in [0.25, 0.3) is 6.08 Å². The second-order valence-corrected chi connectivity index (χ2v) is 3.26. The largest absolute Gasteiger partial charge is 0.330 e. The summed E-state index contributed by atoms with van der Waals surface area (Å²) in [5, 5.41) is 9.41. The van der Waals surface area contributed by atoms with Crippen molar-refractivity contribution >= 4 is 17.7 Å². The molecule has 3 heteroatoms.